The number of fused-ring (bicyclic) bond motifs is 1. The van der Waals surface area contributed by atoms with Crippen LogP contribution >= 0.6 is 0 Å². The molecule has 4 nitrogen and oxygen atoms in total. The minimum atomic E-state index is -4.38. The zero-order chi connectivity index (χ0) is 18.0. The van der Waals surface area contributed by atoms with Crippen LogP contribution in [0.2, 0.25) is 0 Å². The second-order valence-corrected chi connectivity index (χ2v) is 7.71. The second kappa shape index (κ2) is 7.29. The van der Waals surface area contributed by atoms with E-state index in [0.29, 0.717) is 25.3 Å². The fraction of sp³-hybridized carbons (Fsp3) is 0.471. The van der Waals surface area contributed by atoms with Gasteiger partial charge in [0.2, 0.25) is 0 Å². The molecule has 0 bridgehead atoms. The molecule has 1 N–H and O–H groups in total. The Morgan fingerprint density at radius 3 is 2.68 bits per heavy atom. The van der Waals surface area contributed by atoms with Crippen molar-refractivity contribution in [2.24, 2.45) is 5.92 Å². The van der Waals surface area contributed by atoms with Crippen molar-refractivity contribution < 1.29 is 17.4 Å². The predicted octanol–water partition coefficient (Wildman–Crippen LogP) is 2.99. The van der Waals surface area contributed by atoms with E-state index in [9.17, 15) is 17.4 Å². The fourth-order valence-corrected chi connectivity index (χ4v) is 3.56. The van der Waals surface area contributed by atoms with Crippen molar-refractivity contribution in [2.75, 3.05) is 12.8 Å². The molecule has 0 aliphatic carbocycles. The fourth-order valence-electron chi connectivity index (χ4n) is 3.04. The van der Waals surface area contributed by atoms with Gasteiger partial charge in [-0.1, -0.05) is 12.1 Å². The topological polar surface area (TPSA) is 46.9 Å². The van der Waals surface area contributed by atoms with E-state index in [1.54, 1.807) is 10.8 Å². The number of halogens is 3. The van der Waals surface area contributed by atoms with Gasteiger partial charge in [0.25, 0.3) is 0 Å². The van der Waals surface area contributed by atoms with Crippen LogP contribution in [-0.2, 0) is 36.5 Å². The number of hydrogen-bond donors (Lipinski definition) is 1. The molecule has 8 heteroatoms. The second-order valence-electron chi connectivity index (χ2n) is 6.33. The van der Waals surface area contributed by atoms with Crippen molar-refractivity contribution in [1.29, 1.82) is 0 Å². The average molecular weight is 371 g/mol. The molecule has 0 amide bonds. The lowest BCUT2D eigenvalue weighted by molar-refractivity contribution is -0.141. The lowest BCUT2D eigenvalue weighted by Crippen LogP contribution is -2.29. The molecule has 2 unspecified atom stereocenters. The monoisotopic (exact) mass is 371 g/mol. The predicted molar refractivity (Wildman–Crippen MR) is 89.5 cm³/mol. The first-order chi connectivity index (χ1) is 11.8. The van der Waals surface area contributed by atoms with Crippen LogP contribution < -0.4 is 5.32 Å². The van der Waals surface area contributed by atoms with Crippen molar-refractivity contribution in [2.45, 2.75) is 37.0 Å². The van der Waals surface area contributed by atoms with E-state index in [2.05, 4.69) is 10.3 Å². The zero-order valence-corrected chi connectivity index (χ0v) is 14.7. The molecule has 0 saturated heterocycles. The minimum Gasteiger partial charge on any atom is -0.334 e. The summed E-state index contributed by atoms with van der Waals surface area (Å²) in [5.41, 5.74) is 0.289. The molecule has 1 aromatic carbocycles. The third-order valence-electron chi connectivity index (χ3n) is 4.40. The van der Waals surface area contributed by atoms with Gasteiger partial charge in [-0.25, -0.2) is 4.98 Å². The maximum atomic E-state index is 12.7. The van der Waals surface area contributed by atoms with Crippen LogP contribution in [0.4, 0.5) is 13.2 Å². The molecule has 1 aliphatic heterocycles. The van der Waals surface area contributed by atoms with E-state index in [4.69, 9.17) is 0 Å². The molecule has 2 atom stereocenters. The van der Waals surface area contributed by atoms with Crippen LogP contribution in [0.5, 0.6) is 0 Å². The Morgan fingerprint density at radius 1 is 1.32 bits per heavy atom. The van der Waals surface area contributed by atoms with Crippen molar-refractivity contribution in [3.05, 3.63) is 47.5 Å². The lowest BCUT2D eigenvalue weighted by atomic mass is 9.99. The van der Waals surface area contributed by atoms with E-state index in [0.717, 1.165) is 29.6 Å². The number of aromatic nitrogens is 2. The van der Waals surface area contributed by atoms with Crippen LogP contribution in [0.3, 0.4) is 0 Å². The van der Waals surface area contributed by atoms with E-state index < -0.39 is 22.7 Å². The maximum absolute atomic E-state index is 12.7. The summed E-state index contributed by atoms with van der Waals surface area (Å²) in [6.07, 6.45) is -0.225. The van der Waals surface area contributed by atoms with E-state index in [1.807, 2.05) is 24.3 Å². The van der Waals surface area contributed by atoms with Crippen LogP contribution in [0.1, 0.15) is 23.5 Å². The first-order valence-electron chi connectivity index (χ1n) is 8.09. The molecule has 1 aliphatic rings. The van der Waals surface area contributed by atoms with Gasteiger partial charge in [-0.05, 0) is 36.6 Å². The van der Waals surface area contributed by atoms with Gasteiger partial charge in [0, 0.05) is 47.7 Å². The Hall–Kier alpha value is -1.67. The zero-order valence-electron chi connectivity index (χ0n) is 13.8. The number of benzene rings is 1. The Labute approximate surface area is 146 Å². The average Bonchev–Trinajstić information content (AvgIpc) is 2.99. The molecule has 0 fully saturated rings. The summed E-state index contributed by atoms with van der Waals surface area (Å²) in [4.78, 5) is 4.49. The van der Waals surface area contributed by atoms with Gasteiger partial charge in [-0.15, -0.1) is 0 Å². The number of imidazole rings is 1. The molecule has 1 aromatic heterocycles. The molecule has 0 radical (unpaired) electrons. The summed E-state index contributed by atoms with van der Waals surface area (Å²) in [6.45, 7) is 1.97. The SMILES string of the molecule is CS(=O)c1ccc(CNCC2CCc3nc(C(F)(F)F)cn3C2)cc1. The van der Waals surface area contributed by atoms with E-state index in [-0.39, 0.29) is 5.92 Å². The van der Waals surface area contributed by atoms with Crippen LogP contribution in [0, 0.1) is 5.92 Å². The summed E-state index contributed by atoms with van der Waals surface area (Å²) in [7, 11) is -0.982. The first kappa shape index (κ1) is 18.1. The van der Waals surface area contributed by atoms with Gasteiger partial charge in [0.15, 0.2) is 5.69 Å². The van der Waals surface area contributed by atoms with Crippen molar-refractivity contribution in [3.63, 3.8) is 0 Å². The molecule has 0 spiro atoms. The number of hydrogen-bond acceptors (Lipinski definition) is 3. The first-order valence-corrected chi connectivity index (χ1v) is 9.65. The molecular weight excluding hydrogens is 351 g/mol. The molecule has 2 heterocycles. The third kappa shape index (κ3) is 4.49. The maximum Gasteiger partial charge on any atom is 0.434 e. The smallest absolute Gasteiger partial charge is 0.334 e. The normalized spacial score (nSPS) is 18.8. The molecular formula is C17H20F3N3OS. The highest BCUT2D eigenvalue weighted by molar-refractivity contribution is 7.84. The highest BCUT2D eigenvalue weighted by Crippen LogP contribution is 2.30. The molecule has 0 saturated carbocycles. The standard InChI is InChI=1S/C17H20F3N3OS/c1-25(24)14-5-2-12(3-6-14)8-21-9-13-4-7-16-22-15(17(18,19)20)11-23(16)10-13/h2-3,5-6,11,13,21H,4,7-10H2,1H3. The lowest BCUT2D eigenvalue weighted by Gasteiger charge is -2.24. The van der Waals surface area contributed by atoms with Crippen molar-refractivity contribution in [1.82, 2.24) is 14.9 Å². The number of rotatable bonds is 5. The highest BCUT2D eigenvalue weighted by atomic mass is 32.2. The largest absolute Gasteiger partial charge is 0.434 e. The quantitative estimate of drug-likeness (QED) is 0.879. The van der Waals surface area contributed by atoms with E-state index >= 15 is 0 Å². The summed E-state index contributed by atoms with van der Waals surface area (Å²) in [5.74, 6) is 0.803. The molecule has 25 heavy (non-hydrogen) atoms. The molecule has 2 aromatic rings. The number of aryl methyl sites for hydroxylation is 1. The van der Waals surface area contributed by atoms with Crippen LogP contribution in [-0.4, -0.2) is 26.6 Å². The summed E-state index contributed by atoms with van der Waals surface area (Å²) < 4.78 is 51.2. The van der Waals surface area contributed by atoms with E-state index in [1.165, 1.54) is 0 Å². The minimum absolute atomic E-state index is 0.283. The Morgan fingerprint density at radius 2 is 2.04 bits per heavy atom. The van der Waals surface area contributed by atoms with Crippen molar-refractivity contribution in [3.8, 4) is 0 Å². The van der Waals surface area contributed by atoms with Gasteiger partial charge < -0.3 is 9.88 Å². The Bertz CT molecular complexity index is 755. The van der Waals surface area contributed by atoms with Gasteiger partial charge >= 0.3 is 6.18 Å². The van der Waals surface area contributed by atoms with Gasteiger partial charge in [-0.3, -0.25) is 4.21 Å². The van der Waals surface area contributed by atoms with Crippen LogP contribution in [0.25, 0.3) is 0 Å². The molecule has 3 rings (SSSR count). The Kier molecular flexibility index (Phi) is 5.29. The van der Waals surface area contributed by atoms with Gasteiger partial charge in [0.1, 0.15) is 5.82 Å². The molecule has 136 valence electrons. The number of alkyl halides is 3. The van der Waals surface area contributed by atoms with Crippen molar-refractivity contribution >= 4 is 10.8 Å². The summed E-state index contributed by atoms with van der Waals surface area (Å²) in [5, 5.41) is 3.36. The highest BCUT2D eigenvalue weighted by Gasteiger charge is 2.35. The van der Waals surface area contributed by atoms with Gasteiger partial charge in [0.05, 0.1) is 0 Å². The number of nitrogens with one attached hydrogen (secondary N) is 1. The Balaban J connectivity index is 1.51. The third-order valence-corrected chi connectivity index (χ3v) is 5.33. The van der Waals surface area contributed by atoms with Crippen LogP contribution in [0.15, 0.2) is 35.4 Å². The number of nitrogens with zero attached hydrogens (tertiary/aromatic N) is 2. The summed E-state index contributed by atoms with van der Waals surface area (Å²) in [6, 6.07) is 7.58. The summed E-state index contributed by atoms with van der Waals surface area (Å²) >= 11 is 0. The van der Waals surface area contributed by atoms with Gasteiger partial charge in [-0.2, -0.15) is 13.2 Å².